The summed E-state index contributed by atoms with van der Waals surface area (Å²) >= 11 is 0. The third-order valence-electron chi connectivity index (χ3n) is 3.09. The number of carbonyl (C=O) groups excluding carboxylic acids is 1. The van der Waals surface area contributed by atoms with Gasteiger partial charge in [0.1, 0.15) is 12.6 Å². The standard InChI is InChI=1S/C11H12F3N3O3/c12-11(13,14)8-3-5-16(15-8)6-9(18)17-4-1-2-7(17)10(19)20/h3,5,7H,1-2,4,6H2,(H,19,20)/t7-/m0/s1. The number of hydrogen-bond acceptors (Lipinski definition) is 3. The fourth-order valence-corrected chi connectivity index (χ4v) is 2.15. The van der Waals surface area contributed by atoms with Gasteiger partial charge in [0.2, 0.25) is 5.91 Å². The Morgan fingerprint density at radius 1 is 1.45 bits per heavy atom. The molecule has 20 heavy (non-hydrogen) atoms. The van der Waals surface area contributed by atoms with E-state index in [1.807, 2.05) is 0 Å². The van der Waals surface area contributed by atoms with E-state index in [-0.39, 0.29) is 0 Å². The van der Waals surface area contributed by atoms with Gasteiger partial charge in [-0.15, -0.1) is 0 Å². The van der Waals surface area contributed by atoms with Crippen LogP contribution >= 0.6 is 0 Å². The molecule has 9 heteroatoms. The molecule has 1 atom stereocenters. The molecular weight excluding hydrogens is 279 g/mol. The number of likely N-dealkylation sites (tertiary alicyclic amines) is 1. The van der Waals surface area contributed by atoms with Crippen molar-refractivity contribution in [2.45, 2.75) is 31.6 Å². The predicted molar refractivity (Wildman–Crippen MR) is 59.6 cm³/mol. The van der Waals surface area contributed by atoms with Crippen LogP contribution in [0.2, 0.25) is 0 Å². The summed E-state index contributed by atoms with van der Waals surface area (Å²) in [5, 5.41) is 12.2. The fourth-order valence-electron chi connectivity index (χ4n) is 2.15. The Morgan fingerprint density at radius 3 is 2.70 bits per heavy atom. The van der Waals surface area contributed by atoms with Gasteiger partial charge in [-0.1, -0.05) is 0 Å². The van der Waals surface area contributed by atoms with E-state index in [1.165, 1.54) is 0 Å². The minimum absolute atomic E-state index is 0.295. The van der Waals surface area contributed by atoms with Gasteiger partial charge in [0, 0.05) is 12.7 Å². The molecule has 1 aliphatic heterocycles. The average molecular weight is 291 g/mol. The molecule has 0 unspecified atom stereocenters. The monoisotopic (exact) mass is 291 g/mol. The quantitative estimate of drug-likeness (QED) is 0.900. The lowest BCUT2D eigenvalue weighted by Gasteiger charge is -2.21. The summed E-state index contributed by atoms with van der Waals surface area (Å²) in [6, 6.07) is -0.133. The molecule has 1 aliphatic rings. The van der Waals surface area contributed by atoms with Crippen LogP contribution in [-0.4, -0.2) is 44.3 Å². The predicted octanol–water partition coefficient (Wildman–Crippen LogP) is 0.977. The molecule has 2 heterocycles. The van der Waals surface area contributed by atoms with Crippen molar-refractivity contribution >= 4 is 11.9 Å². The summed E-state index contributed by atoms with van der Waals surface area (Å²) in [5.74, 6) is -1.65. The third kappa shape index (κ3) is 2.91. The molecule has 0 aromatic carbocycles. The van der Waals surface area contributed by atoms with E-state index >= 15 is 0 Å². The van der Waals surface area contributed by atoms with Gasteiger partial charge in [-0.2, -0.15) is 18.3 Å². The largest absolute Gasteiger partial charge is 0.480 e. The molecule has 0 radical (unpaired) electrons. The van der Waals surface area contributed by atoms with E-state index in [1.54, 1.807) is 0 Å². The summed E-state index contributed by atoms with van der Waals surface area (Å²) < 4.78 is 37.9. The number of alkyl halides is 3. The zero-order valence-electron chi connectivity index (χ0n) is 10.3. The Labute approximate surface area is 111 Å². The summed E-state index contributed by atoms with van der Waals surface area (Å²) in [7, 11) is 0. The first kappa shape index (κ1) is 14.4. The Bertz CT molecular complexity index is 526. The van der Waals surface area contributed by atoms with Crippen LogP contribution in [0.1, 0.15) is 18.5 Å². The van der Waals surface area contributed by atoms with Gasteiger partial charge in [0.15, 0.2) is 5.69 Å². The fraction of sp³-hybridized carbons (Fsp3) is 0.545. The zero-order valence-corrected chi connectivity index (χ0v) is 10.3. The second kappa shape index (κ2) is 5.14. The van der Waals surface area contributed by atoms with Crippen molar-refractivity contribution in [3.63, 3.8) is 0 Å². The maximum atomic E-state index is 12.4. The van der Waals surface area contributed by atoms with E-state index in [0.717, 1.165) is 21.8 Å². The maximum Gasteiger partial charge on any atom is 0.435 e. The Kier molecular flexibility index (Phi) is 3.69. The number of nitrogens with zero attached hydrogens (tertiary/aromatic N) is 3. The van der Waals surface area contributed by atoms with Crippen molar-refractivity contribution in [1.82, 2.24) is 14.7 Å². The second-order valence-corrected chi connectivity index (χ2v) is 4.48. The summed E-state index contributed by atoms with van der Waals surface area (Å²) in [6.07, 6.45) is -2.60. The lowest BCUT2D eigenvalue weighted by atomic mass is 10.2. The van der Waals surface area contributed by atoms with Crippen molar-refractivity contribution in [1.29, 1.82) is 0 Å². The Hall–Kier alpha value is -2.06. The summed E-state index contributed by atoms with van der Waals surface area (Å²) in [5.41, 5.74) is -1.08. The van der Waals surface area contributed by atoms with Gasteiger partial charge in [-0.05, 0) is 18.9 Å². The molecule has 1 amide bonds. The van der Waals surface area contributed by atoms with Crippen LogP contribution in [0.3, 0.4) is 0 Å². The van der Waals surface area contributed by atoms with Crippen LogP contribution in [0.15, 0.2) is 12.3 Å². The number of carboxylic acid groups (broad SMARTS) is 1. The van der Waals surface area contributed by atoms with E-state index in [9.17, 15) is 22.8 Å². The van der Waals surface area contributed by atoms with Crippen LogP contribution < -0.4 is 0 Å². The van der Waals surface area contributed by atoms with Crippen LogP contribution in [0, 0.1) is 0 Å². The van der Waals surface area contributed by atoms with Crippen LogP contribution in [-0.2, 0) is 22.3 Å². The number of rotatable bonds is 3. The van der Waals surface area contributed by atoms with Gasteiger partial charge in [-0.25, -0.2) is 4.79 Å². The topological polar surface area (TPSA) is 75.4 Å². The van der Waals surface area contributed by atoms with E-state index in [0.29, 0.717) is 19.4 Å². The van der Waals surface area contributed by atoms with Crippen molar-refractivity contribution in [3.8, 4) is 0 Å². The first-order valence-electron chi connectivity index (χ1n) is 5.92. The van der Waals surface area contributed by atoms with Gasteiger partial charge in [0.05, 0.1) is 0 Å². The van der Waals surface area contributed by atoms with E-state index in [4.69, 9.17) is 5.11 Å². The van der Waals surface area contributed by atoms with Crippen LogP contribution in [0.25, 0.3) is 0 Å². The molecular formula is C11H12F3N3O3. The molecule has 1 aromatic heterocycles. The third-order valence-corrected chi connectivity index (χ3v) is 3.09. The molecule has 2 rings (SSSR count). The lowest BCUT2D eigenvalue weighted by Crippen LogP contribution is -2.42. The normalized spacial score (nSPS) is 19.4. The summed E-state index contributed by atoms with van der Waals surface area (Å²) in [6.45, 7) is -0.108. The molecule has 0 bridgehead atoms. The Morgan fingerprint density at radius 2 is 2.15 bits per heavy atom. The minimum atomic E-state index is -4.56. The number of carbonyl (C=O) groups is 2. The van der Waals surface area contributed by atoms with Crippen molar-refractivity contribution in [2.24, 2.45) is 0 Å². The highest BCUT2D eigenvalue weighted by atomic mass is 19.4. The van der Waals surface area contributed by atoms with Crippen molar-refractivity contribution in [2.75, 3.05) is 6.54 Å². The molecule has 0 saturated carbocycles. The highest BCUT2D eigenvalue weighted by Crippen LogP contribution is 2.27. The minimum Gasteiger partial charge on any atom is -0.480 e. The van der Waals surface area contributed by atoms with Gasteiger partial charge in [0.25, 0.3) is 0 Å². The molecule has 1 saturated heterocycles. The van der Waals surface area contributed by atoms with Crippen molar-refractivity contribution in [3.05, 3.63) is 18.0 Å². The average Bonchev–Trinajstić information content (AvgIpc) is 2.95. The number of halogens is 3. The first-order valence-corrected chi connectivity index (χ1v) is 5.92. The smallest absolute Gasteiger partial charge is 0.435 e. The number of aliphatic carboxylic acids is 1. The maximum absolute atomic E-state index is 12.4. The van der Waals surface area contributed by atoms with E-state index in [2.05, 4.69) is 5.10 Å². The molecule has 6 nitrogen and oxygen atoms in total. The molecule has 110 valence electrons. The Balaban J connectivity index is 2.05. The zero-order chi connectivity index (χ0) is 14.9. The van der Waals surface area contributed by atoms with Gasteiger partial charge in [-0.3, -0.25) is 9.48 Å². The summed E-state index contributed by atoms with van der Waals surface area (Å²) in [4.78, 5) is 24.0. The highest BCUT2D eigenvalue weighted by molar-refractivity contribution is 5.84. The first-order chi connectivity index (χ1) is 9.29. The number of carboxylic acids is 1. The van der Waals surface area contributed by atoms with Gasteiger partial charge >= 0.3 is 12.1 Å². The van der Waals surface area contributed by atoms with Crippen molar-refractivity contribution < 1.29 is 27.9 Å². The highest BCUT2D eigenvalue weighted by Gasteiger charge is 2.35. The molecule has 1 fully saturated rings. The SMILES string of the molecule is O=C(O)[C@@H]1CCCN1C(=O)Cn1ccc(C(F)(F)F)n1. The number of amides is 1. The molecule has 0 aliphatic carbocycles. The van der Waals surface area contributed by atoms with Crippen LogP contribution in [0.4, 0.5) is 13.2 Å². The molecule has 1 N–H and O–H groups in total. The number of aromatic nitrogens is 2. The second-order valence-electron chi connectivity index (χ2n) is 4.48. The van der Waals surface area contributed by atoms with Gasteiger partial charge < -0.3 is 10.0 Å². The van der Waals surface area contributed by atoms with Crippen LogP contribution in [0.5, 0.6) is 0 Å². The lowest BCUT2D eigenvalue weighted by molar-refractivity contribution is -0.148. The number of hydrogen-bond donors (Lipinski definition) is 1. The molecule has 1 aromatic rings. The van der Waals surface area contributed by atoms with E-state index < -0.39 is 36.3 Å². The molecule has 0 spiro atoms.